The van der Waals surface area contributed by atoms with E-state index in [-0.39, 0.29) is 12.0 Å². The van der Waals surface area contributed by atoms with Crippen molar-refractivity contribution in [1.29, 1.82) is 0 Å². The zero-order valence-corrected chi connectivity index (χ0v) is 9.00. The first-order valence-electron chi connectivity index (χ1n) is 5.04. The molecule has 0 saturated carbocycles. The number of nitrogens with one attached hydrogen (secondary N) is 1. The van der Waals surface area contributed by atoms with Gasteiger partial charge in [-0.25, -0.2) is 4.39 Å². The summed E-state index contributed by atoms with van der Waals surface area (Å²) in [7, 11) is 0. The summed E-state index contributed by atoms with van der Waals surface area (Å²) in [6.07, 6.45) is 3.25. The first kappa shape index (κ1) is 10.7. The molecule has 16 heavy (non-hydrogen) atoms. The van der Waals surface area contributed by atoms with Gasteiger partial charge in [-0.05, 0) is 43.0 Å². The van der Waals surface area contributed by atoms with Crippen molar-refractivity contribution < 1.29 is 4.39 Å². The quantitative estimate of drug-likeness (QED) is 0.628. The number of halogens is 1. The van der Waals surface area contributed by atoms with Gasteiger partial charge in [-0.3, -0.25) is 0 Å². The molecule has 0 aliphatic carbocycles. The molecule has 2 rings (SSSR count). The first-order chi connectivity index (χ1) is 7.59. The predicted molar refractivity (Wildman–Crippen MR) is 63.7 cm³/mol. The average Bonchev–Trinajstić information content (AvgIpc) is 2.20. The van der Waals surface area contributed by atoms with Crippen molar-refractivity contribution in [2.75, 3.05) is 5.73 Å². The lowest BCUT2D eigenvalue weighted by Crippen LogP contribution is -2.37. The summed E-state index contributed by atoms with van der Waals surface area (Å²) >= 11 is 0. The van der Waals surface area contributed by atoms with Gasteiger partial charge < -0.3 is 16.8 Å². The van der Waals surface area contributed by atoms with Gasteiger partial charge in [0.25, 0.3) is 0 Å². The fourth-order valence-corrected chi connectivity index (χ4v) is 1.82. The Balaban J connectivity index is 2.54. The second kappa shape index (κ2) is 3.98. The molecule has 0 radical (unpaired) electrons. The Kier molecular flexibility index (Phi) is 2.66. The summed E-state index contributed by atoms with van der Waals surface area (Å²) in [5.74, 6) is -0.345. The molecule has 1 aromatic carbocycles. The maximum atomic E-state index is 13.8. The zero-order chi connectivity index (χ0) is 11.7. The van der Waals surface area contributed by atoms with Crippen LogP contribution in [0.2, 0.25) is 0 Å². The van der Waals surface area contributed by atoms with Crippen LogP contribution in [0.1, 0.15) is 12.5 Å². The van der Waals surface area contributed by atoms with Crippen molar-refractivity contribution >= 4 is 11.3 Å². The van der Waals surface area contributed by atoms with Crippen LogP contribution >= 0.6 is 0 Å². The normalized spacial score (nSPS) is 19.8. The van der Waals surface area contributed by atoms with Gasteiger partial charge in [0.15, 0.2) is 0 Å². The van der Waals surface area contributed by atoms with Gasteiger partial charge in [0.05, 0.1) is 0 Å². The van der Waals surface area contributed by atoms with Crippen LogP contribution in [0.5, 0.6) is 0 Å². The molecule has 0 amide bonds. The predicted octanol–water partition coefficient (Wildman–Crippen LogP) is 1.58. The largest absolute Gasteiger partial charge is 0.399 e. The highest BCUT2D eigenvalue weighted by Crippen LogP contribution is 2.27. The van der Waals surface area contributed by atoms with Crippen LogP contribution < -0.4 is 16.8 Å². The third kappa shape index (κ3) is 1.79. The number of hydrogen-bond donors (Lipinski definition) is 3. The van der Waals surface area contributed by atoms with E-state index in [2.05, 4.69) is 5.32 Å². The highest BCUT2D eigenvalue weighted by molar-refractivity contribution is 5.76. The van der Waals surface area contributed by atoms with Crippen molar-refractivity contribution in [2.45, 2.75) is 13.1 Å². The molecular formula is C12H14FN3. The van der Waals surface area contributed by atoms with Crippen molar-refractivity contribution in [1.82, 2.24) is 5.32 Å². The van der Waals surface area contributed by atoms with E-state index in [9.17, 15) is 4.39 Å². The molecular weight excluding hydrogens is 205 g/mol. The smallest absolute Gasteiger partial charge is 0.132 e. The number of nitrogen functional groups attached to an aromatic ring is 1. The van der Waals surface area contributed by atoms with E-state index in [1.54, 1.807) is 18.3 Å². The molecule has 1 unspecified atom stereocenters. The minimum absolute atomic E-state index is 0.345. The second-order valence-electron chi connectivity index (χ2n) is 3.81. The summed E-state index contributed by atoms with van der Waals surface area (Å²) < 4.78 is 13.8. The molecule has 0 aromatic heterocycles. The van der Waals surface area contributed by atoms with Gasteiger partial charge in [0.1, 0.15) is 12.0 Å². The van der Waals surface area contributed by atoms with Crippen LogP contribution in [0.4, 0.5) is 10.1 Å². The van der Waals surface area contributed by atoms with Crippen LogP contribution in [-0.2, 0) is 0 Å². The molecule has 5 N–H and O–H groups in total. The van der Waals surface area contributed by atoms with Crippen LogP contribution in [-0.4, -0.2) is 6.17 Å². The molecule has 1 aromatic rings. The number of anilines is 1. The Bertz CT molecular complexity index is 477. The number of hydrogen-bond acceptors (Lipinski definition) is 3. The van der Waals surface area contributed by atoms with Gasteiger partial charge in [-0.15, -0.1) is 0 Å². The maximum Gasteiger partial charge on any atom is 0.132 e. The Morgan fingerprint density at radius 1 is 1.38 bits per heavy atom. The summed E-state index contributed by atoms with van der Waals surface area (Å²) in [5, 5.41) is 2.94. The molecule has 84 valence electrons. The summed E-state index contributed by atoms with van der Waals surface area (Å²) in [6.45, 7) is 1.91. The Morgan fingerprint density at radius 3 is 2.75 bits per heavy atom. The Hall–Kier alpha value is -1.81. The first-order valence-corrected chi connectivity index (χ1v) is 5.04. The van der Waals surface area contributed by atoms with Gasteiger partial charge >= 0.3 is 0 Å². The third-order valence-corrected chi connectivity index (χ3v) is 2.63. The van der Waals surface area contributed by atoms with Gasteiger partial charge in [-0.1, -0.05) is 0 Å². The summed E-state index contributed by atoms with van der Waals surface area (Å²) in [4.78, 5) is 0. The van der Waals surface area contributed by atoms with E-state index in [1.807, 2.05) is 13.0 Å². The van der Waals surface area contributed by atoms with Crippen molar-refractivity contribution in [3.8, 4) is 0 Å². The molecule has 1 atom stereocenters. The lowest BCUT2D eigenvalue weighted by Gasteiger charge is -2.23. The zero-order valence-electron chi connectivity index (χ0n) is 9.00. The molecule has 3 nitrogen and oxygen atoms in total. The molecule has 1 heterocycles. The van der Waals surface area contributed by atoms with Crippen LogP contribution in [0, 0.1) is 5.82 Å². The molecule has 0 fully saturated rings. The lowest BCUT2D eigenvalue weighted by atomic mass is 9.95. The minimum atomic E-state index is -0.386. The Labute approximate surface area is 93.6 Å². The van der Waals surface area contributed by atoms with E-state index in [0.717, 1.165) is 11.1 Å². The van der Waals surface area contributed by atoms with Crippen molar-refractivity contribution in [2.24, 2.45) is 5.73 Å². The second-order valence-corrected chi connectivity index (χ2v) is 3.81. The molecule has 0 bridgehead atoms. The summed E-state index contributed by atoms with van der Waals surface area (Å²) in [6, 6.07) is 4.63. The highest BCUT2D eigenvalue weighted by atomic mass is 19.1. The SMILES string of the molecule is CC1=C(c2ccc(N)cc2F)C(N)NC=C1. The fourth-order valence-electron chi connectivity index (χ4n) is 1.82. The summed E-state index contributed by atoms with van der Waals surface area (Å²) in [5.41, 5.74) is 14.0. The number of rotatable bonds is 1. The number of dihydropyridines is 1. The molecule has 4 heteroatoms. The van der Waals surface area contributed by atoms with E-state index in [0.29, 0.717) is 11.3 Å². The van der Waals surface area contributed by atoms with Gasteiger partial charge in [0.2, 0.25) is 0 Å². The molecule has 0 spiro atoms. The maximum absolute atomic E-state index is 13.8. The molecule has 1 aliphatic heterocycles. The van der Waals surface area contributed by atoms with Crippen molar-refractivity contribution in [3.63, 3.8) is 0 Å². The lowest BCUT2D eigenvalue weighted by molar-refractivity contribution is 0.619. The van der Waals surface area contributed by atoms with E-state index in [4.69, 9.17) is 11.5 Å². The number of nitrogens with two attached hydrogens (primary N) is 2. The van der Waals surface area contributed by atoms with E-state index >= 15 is 0 Å². The van der Waals surface area contributed by atoms with E-state index in [1.165, 1.54) is 6.07 Å². The average molecular weight is 219 g/mol. The monoisotopic (exact) mass is 219 g/mol. The van der Waals surface area contributed by atoms with Crippen LogP contribution in [0.25, 0.3) is 5.57 Å². The van der Waals surface area contributed by atoms with Crippen molar-refractivity contribution in [3.05, 3.63) is 47.4 Å². The molecule has 0 saturated heterocycles. The number of allylic oxidation sites excluding steroid dienone is 2. The third-order valence-electron chi connectivity index (χ3n) is 2.63. The highest BCUT2D eigenvalue weighted by Gasteiger charge is 2.18. The fraction of sp³-hybridized carbons (Fsp3) is 0.167. The standard InChI is InChI=1S/C12H14FN3/c1-7-4-5-16-12(15)11(7)9-3-2-8(14)6-10(9)13/h2-6,12,16H,14-15H2,1H3. The van der Waals surface area contributed by atoms with E-state index < -0.39 is 0 Å². The molecule has 1 aliphatic rings. The van der Waals surface area contributed by atoms with Gasteiger partial charge in [-0.2, -0.15) is 0 Å². The van der Waals surface area contributed by atoms with Gasteiger partial charge in [0, 0.05) is 16.8 Å². The number of benzene rings is 1. The van der Waals surface area contributed by atoms with Crippen LogP contribution in [0.3, 0.4) is 0 Å². The minimum Gasteiger partial charge on any atom is -0.399 e. The Morgan fingerprint density at radius 2 is 2.12 bits per heavy atom. The topological polar surface area (TPSA) is 64.1 Å². The van der Waals surface area contributed by atoms with Crippen LogP contribution in [0.15, 0.2) is 36.0 Å².